The second-order valence-electron chi connectivity index (χ2n) is 3.51. The van der Waals surface area contributed by atoms with Gasteiger partial charge in [0.05, 0.1) is 13.2 Å². The van der Waals surface area contributed by atoms with Gasteiger partial charge in [0.15, 0.2) is 0 Å². The normalized spacial score (nSPS) is 13.4. The predicted molar refractivity (Wildman–Crippen MR) is 63.1 cm³/mol. The van der Waals surface area contributed by atoms with E-state index < -0.39 is 0 Å². The van der Waals surface area contributed by atoms with Crippen LogP contribution in [0.25, 0.3) is 0 Å². The van der Waals surface area contributed by atoms with Gasteiger partial charge in [-0.3, -0.25) is 4.90 Å². The van der Waals surface area contributed by atoms with Crippen LogP contribution in [-0.4, -0.2) is 57.0 Å². The molecule has 0 rings (SSSR count). The second-order valence-corrected chi connectivity index (χ2v) is 3.51. The van der Waals surface area contributed by atoms with Gasteiger partial charge < -0.3 is 15.2 Å². The molecule has 0 aromatic rings. The van der Waals surface area contributed by atoms with E-state index >= 15 is 0 Å². The van der Waals surface area contributed by atoms with Crippen molar-refractivity contribution >= 4 is 0 Å². The summed E-state index contributed by atoms with van der Waals surface area (Å²) >= 11 is 0. The Labute approximate surface area is 93.7 Å². The third-order valence-corrected chi connectivity index (χ3v) is 2.42. The maximum Gasteiger partial charge on any atom is 0.0593 e. The average molecular weight is 218 g/mol. The molecule has 0 aromatic carbocycles. The van der Waals surface area contributed by atoms with E-state index in [1.165, 1.54) is 0 Å². The summed E-state index contributed by atoms with van der Waals surface area (Å²) in [4.78, 5) is 2.31. The van der Waals surface area contributed by atoms with Gasteiger partial charge in [-0.15, -0.1) is 0 Å². The van der Waals surface area contributed by atoms with Crippen LogP contribution in [0.2, 0.25) is 0 Å². The number of ether oxygens (including phenoxy) is 2. The third kappa shape index (κ3) is 7.73. The van der Waals surface area contributed by atoms with Crippen molar-refractivity contribution in [3.63, 3.8) is 0 Å². The quantitative estimate of drug-likeness (QED) is 0.549. The Hall–Kier alpha value is -0.160. The number of hydrogen-bond donors (Lipinski definition) is 1. The molecule has 0 aliphatic rings. The Morgan fingerprint density at radius 3 is 1.87 bits per heavy atom. The van der Waals surface area contributed by atoms with E-state index in [1.807, 2.05) is 13.8 Å². The van der Waals surface area contributed by atoms with Gasteiger partial charge in [-0.1, -0.05) is 0 Å². The van der Waals surface area contributed by atoms with Crippen molar-refractivity contribution in [2.24, 2.45) is 5.73 Å². The monoisotopic (exact) mass is 218 g/mol. The van der Waals surface area contributed by atoms with Crippen LogP contribution >= 0.6 is 0 Å². The van der Waals surface area contributed by atoms with Crippen LogP contribution in [-0.2, 0) is 9.47 Å². The first-order valence-electron chi connectivity index (χ1n) is 5.85. The molecule has 4 heteroatoms. The first kappa shape index (κ1) is 14.8. The summed E-state index contributed by atoms with van der Waals surface area (Å²) in [6, 6.07) is 0.394. The van der Waals surface area contributed by atoms with Crippen LogP contribution in [0, 0.1) is 0 Å². The maximum atomic E-state index is 5.66. The maximum absolute atomic E-state index is 5.66. The Balaban J connectivity index is 3.73. The van der Waals surface area contributed by atoms with Crippen molar-refractivity contribution < 1.29 is 9.47 Å². The highest BCUT2D eigenvalue weighted by molar-refractivity contribution is 4.67. The van der Waals surface area contributed by atoms with Crippen LogP contribution in [0.1, 0.15) is 20.8 Å². The van der Waals surface area contributed by atoms with Crippen LogP contribution in [0.5, 0.6) is 0 Å². The van der Waals surface area contributed by atoms with Crippen molar-refractivity contribution in [3.05, 3.63) is 0 Å². The summed E-state index contributed by atoms with van der Waals surface area (Å²) in [6.07, 6.45) is 0. The molecule has 0 aliphatic carbocycles. The molecular weight excluding hydrogens is 192 g/mol. The van der Waals surface area contributed by atoms with E-state index in [9.17, 15) is 0 Å². The Morgan fingerprint density at radius 1 is 1.07 bits per heavy atom. The van der Waals surface area contributed by atoms with Crippen molar-refractivity contribution in [1.82, 2.24) is 4.90 Å². The summed E-state index contributed by atoms with van der Waals surface area (Å²) in [5.74, 6) is 0. The van der Waals surface area contributed by atoms with E-state index in [2.05, 4.69) is 11.8 Å². The molecule has 2 N–H and O–H groups in total. The van der Waals surface area contributed by atoms with Crippen LogP contribution < -0.4 is 5.73 Å². The second kappa shape index (κ2) is 10.4. The van der Waals surface area contributed by atoms with Gasteiger partial charge in [0, 0.05) is 38.9 Å². The first-order chi connectivity index (χ1) is 7.26. The smallest absolute Gasteiger partial charge is 0.0593 e. The van der Waals surface area contributed by atoms with E-state index in [4.69, 9.17) is 15.2 Å². The highest BCUT2D eigenvalue weighted by Gasteiger charge is 2.11. The third-order valence-electron chi connectivity index (χ3n) is 2.42. The van der Waals surface area contributed by atoms with Crippen molar-refractivity contribution in [2.45, 2.75) is 26.8 Å². The fraction of sp³-hybridized carbons (Fsp3) is 1.00. The van der Waals surface area contributed by atoms with Gasteiger partial charge in [0.1, 0.15) is 0 Å². The highest BCUT2D eigenvalue weighted by atomic mass is 16.5. The molecule has 4 nitrogen and oxygen atoms in total. The molecule has 0 saturated carbocycles. The molecule has 0 bridgehead atoms. The van der Waals surface area contributed by atoms with E-state index in [1.54, 1.807) is 0 Å². The molecule has 1 atom stereocenters. The Morgan fingerprint density at radius 2 is 1.53 bits per heavy atom. The molecule has 0 aromatic heterocycles. The molecular formula is C11H26N2O2. The van der Waals surface area contributed by atoms with Crippen molar-refractivity contribution in [1.29, 1.82) is 0 Å². The standard InChI is InChI=1S/C11H26N2O2/c1-4-14-8-6-13(11(3)10-12)7-9-15-5-2/h11H,4-10,12H2,1-3H3. The average Bonchev–Trinajstić information content (AvgIpc) is 2.26. The zero-order valence-electron chi connectivity index (χ0n) is 10.4. The minimum Gasteiger partial charge on any atom is -0.380 e. The Bertz CT molecular complexity index is 124. The first-order valence-corrected chi connectivity index (χ1v) is 5.85. The molecule has 1 unspecified atom stereocenters. The molecule has 0 heterocycles. The summed E-state index contributed by atoms with van der Waals surface area (Å²) in [6.45, 7) is 11.8. The lowest BCUT2D eigenvalue weighted by molar-refractivity contribution is 0.0679. The summed E-state index contributed by atoms with van der Waals surface area (Å²) < 4.78 is 10.7. The van der Waals surface area contributed by atoms with Crippen LogP contribution in [0.15, 0.2) is 0 Å². The van der Waals surface area contributed by atoms with Crippen LogP contribution in [0.4, 0.5) is 0 Å². The van der Waals surface area contributed by atoms with Crippen molar-refractivity contribution in [2.75, 3.05) is 46.1 Å². The highest BCUT2D eigenvalue weighted by Crippen LogP contribution is 1.97. The molecule has 0 radical (unpaired) electrons. The molecule has 92 valence electrons. The van der Waals surface area contributed by atoms with E-state index in [0.29, 0.717) is 12.6 Å². The zero-order valence-corrected chi connectivity index (χ0v) is 10.4. The van der Waals surface area contributed by atoms with Crippen LogP contribution in [0.3, 0.4) is 0 Å². The zero-order chi connectivity index (χ0) is 11.5. The number of rotatable bonds is 10. The van der Waals surface area contributed by atoms with Gasteiger partial charge in [-0.05, 0) is 20.8 Å². The van der Waals surface area contributed by atoms with Crippen molar-refractivity contribution in [3.8, 4) is 0 Å². The topological polar surface area (TPSA) is 47.7 Å². The molecule has 0 saturated heterocycles. The minimum atomic E-state index is 0.394. The fourth-order valence-corrected chi connectivity index (χ4v) is 1.35. The lowest BCUT2D eigenvalue weighted by atomic mass is 10.3. The summed E-state index contributed by atoms with van der Waals surface area (Å²) in [5, 5.41) is 0. The van der Waals surface area contributed by atoms with E-state index in [0.717, 1.165) is 39.5 Å². The SMILES string of the molecule is CCOCCN(CCOCC)C(C)CN. The fourth-order valence-electron chi connectivity index (χ4n) is 1.35. The van der Waals surface area contributed by atoms with E-state index in [-0.39, 0.29) is 0 Å². The molecule has 0 spiro atoms. The minimum absolute atomic E-state index is 0.394. The number of hydrogen-bond acceptors (Lipinski definition) is 4. The van der Waals surface area contributed by atoms with Gasteiger partial charge in [-0.25, -0.2) is 0 Å². The van der Waals surface area contributed by atoms with Gasteiger partial charge >= 0.3 is 0 Å². The number of nitrogens with zero attached hydrogens (tertiary/aromatic N) is 1. The lowest BCUT2D eigenvalue weighted by Gasteiger charge is -2.27. The summed E-state index contributed by atoms with van der Waals surface area (Å²) in [7, 11) is 0. The molecule has 0 amide bonds. The van der Waals surface area contributed by atoms with Gasteiger partial charge in [0.25, 0.3) is 0 Å². The van der Waals surface area contributed by atoms with Gasteiger partial charge in [0.2, 0.25) is 0 Å². The van der Waals surface area contributed by atoms with Gasteiger partial charge in [-0.2, -0.15) is 0 Å². The molecule has 0 fully saturated rings. The predicted octanol–water partition coefficient (Wildman–Crippen LogP) is 0.709. The number of nitrogens with two attached hydrogens (primary N) is 1. The molecule has 15 heavy (non-hydrogen) atoms. The molecule has 0 aliphatic heterocycles. The largest absolute Gasteiger partial charge is 0.380 e. The Kier molecular flexibility index (Phi) is 10.3. The lowest BCUT2D eigenvalue weighted by Crippen LogP contribution is -2.42. The summed E-state index contributed by atoms with van der Waals surface area (Å²) in [5.41, 5.74) is 5.66.